The number of nitrogens with zero attached hydrogens (tertiary/aromatic N) is 1. The first-order valence-corrected chi connectivity index (χ1v) is 5.41. The quantitative estimate of drug-likeness (QED) is 0.736. The lowest BCUT2D eigenvalue weighted by atomic mass is 9.78. The van der Waals surface area contributed by atoms with E-state index in [0.29, 0.717) is 17.9 Å². The minimum Gasteiger partial charge on any atom is -0.358 e. The number of nitrogens with one attached hydrogen (secondary N) is 1. The fraction of sp³-hybridized carbons (Fsp3) is 0.909. The molecule has 1 heterocycles. The van der Waals surface area contributed by atoms with E-state index in [1.54, 1.807) is 7.05 Å². The third-order valence-corrected chi connectivity index (χ3v) is 3.62. The van der Waals surface area contributed by atoms with Gasteiger partial charge in [0, 0.05) is 13.6 Å². The summed E-state index contributed by atoms with van der Waals surface area (Å²) in [6.07, 6.45) is 1.21. The van der Waals surface area contributed by atoms with Crippen LogP contribution >= 0.6 is 0 Å². The highest BCUT2D eigenvalue weighted by atomic mass is 16.1. The van der Waals surface area contributed by atoms with E-state index in [9.17, 15) is 4.79 Å². The Morgan fingerprint density at radius 1 is 1.57 bits per heavy atom. The van der Waals surface area contributed by atoms with Crippen LogP contribution in [0.1, 0.15) is 27.2 Å². The maximum atomic E-state index is 11.2. The van der Waals surface area contributed by atoms with Gasteiger partial charge >= 0.3 is 0 Å². The summed E-state index contributed by atoms with van der Waals surface area (Å²) in [4.78, 5) is 13.4. The molecule has 0 spiro atoms. The van der Waals surface area contributed by atoms with Crippen LogP contribution in [0.5, 0.6) is 0 Å². The van der Waals surface area contributed by atoms with Gasteiger partial charge in [-0.25, -0.2) is 0 Å². The largest absolute Gasteiger partial charge is 0.358 e. The number of hydrogen-bond donors (Lipinski definition) is 1. The molecule has 0 bridgehead atoms. The van der Waals surface area contributed by atoms with Gasteiger partial charge in [-0.05, 0) is 24.3 Å². The van der Waals surface area contributed by atoms with E-state index in [-0.39, 0.29) is 5.91 Å². The molecule has 1 rings (SSSR count). The van der Waals surface area contributed by atoms with Crippen molar-refractivity contribution in [1.29, 1.82) is 0 Å². The van der Waals surface area contributed by atoms with Crippen molar-refractivity contribution in [3.8, 4) is 0 Å². The summed E-state index contributed by atoms with van der Waals surface area (Å²) in [6, 6.07) is 0. The van der Waals surface area contributed by atoms with Crippen LogP contribution in [-0.4, -0.2) is 37.5 Å². The maximum absolute atomic E-state index is 11.2. The minimum atomic E-state index is 0.123. The van der Waals surface area contributed by atoms with Gasteiger partial charge in [-0.2, -0.15) is 0 Å². The van der Waals surface area contributed by atoms with E-state index < -0.39 is 0 Å². The van der Waals surface area contributed by atoms with Crippen LogP contribution in [0.2, 0.25) is 0 Å². The molecule has 1 atom stereocenters. The lowest BCUT2D eigenvalue weighted by Crippen LogP contribution is -2.36. The van der Waals surface area contributed by atoms with Gasteiger partial charge in [0.15, 0.2) is 0 Å². The summed E-state index contributed by atoms with van der Waals surface area (Å²) >= 11 is 0. The summed E-state index contributed by atoms with van der Waals surface area (Å²) in [7, 11) is 1.69. The predicted molar refractivity (Wildman–Crippen MR) is 58.1 cm³/mol. The van der Waals surface area contributed by atoms with Gasteiger partial charge in [0.1, 0.15) is 0 Å². The van der Waals surface area contributed by atoms with Crippen molar-refractivity contribution < 1.29 is 4.79 Å². The molecule has 0 radical (unpaired) electrons. The van der Waals surface area contributed by atoms with E-state index in [1.165, 1.54) is 6.42 Å². The van der Waals surface area contributed by atoms with Crippen LogP contribution in [-0.2, 0) is 4.79 Å². The number of hydrogen-bond acceptors (Lipinski definition) is 2. The van der Waals surface area contributed by atoms with Gasteiger partial charge in [-0.15, -0.1) is 0 Å². The lowest BCUT2D eigenvalue weighted by molar-refractivity contribution is -0.121. The lowest BCUT2D eigenvalue weighted by Gasteiger charge is -2.28. The maximum Gasteiger partial charge on any atom is 0.233 e. The zero-order chi connectivity index (χ0) is 10.8. The van der Waals surface area contributed by atoms with Crippen LogP contribution in [0.25, 0.3) is 0 Å². The first kappa shape index (κ1) is 11.5. The second-order valence-corrected chi connectivity index (χ2v) is 4.94. The Morgan fingerprint density at radius 3 is 2.64 bits per heavy atom. The molecule has 1 amide bonds. The summed E-state index contributed by atoms with van der Waals surface area (Å²) in [5.41, 5.74) is 0.397. The molecule has 0 unspecified atom stereocenters. The third kappa shape index (κ3) is 2.47. The molecule has 14 heavy (non-hydrogen) atoms. The van der Waals surface area contributed by atoms with E-state index in [4.69, 9.17) is 0 Å². The van der Waals surface area contributed by atoms with Crippen molar-refractivity contribution >= 4 is 5.91 Å². The molecule has 0 aliphatic carbocycles. The van der Waals surface area contributed by atoms with Gasteiger partial charge in [0.2, 0.25) is 5.91 Å². The van der Waals surface area contributed by atoms with Gasteiger partial charge in [-0.3, -0.25) is 9.69 Å². The summed E-state index contributed by atoms with van der Waals surface area (Å²) in [5.74, 6) is 0.815. The molecule has 1 fully saturated rings. The van der Waals surface area contributed by atoms with E-state index in [2.05, 4.69) is 31.0 Å². The Bertz CT molecular complexity index is 215. The Hall–Kier alpha value is -0.570. The Morgan fingerprint density at radius 2 is 2.21 bits per heavy atom. The highest BCUT2D eigenvalue weighted by Gasteiger charge is 2.36. The summed E-state index contributed by atoms with van der Waals surface area (Å²) in [6.45, 7) is 9.52. The first-order valence-electron chi connectivity index (χ1n) is 5.41. The molecule has 3 heteroatoms. The van der Waals surface area contributed by atoms with Crippen molar-refractivity contribution in [3.63, 3.8) is 0 Å². The second kappa shape index (κ2) is 4.30. The Balaban J connectivity index is 2.45. The van der Waals surface area contributed by atoms with Gasteiger partial charge in [-0.1, -0.05) is 20.8 Å². The van der Waals surface area contributed by atoms with Crippen LogP contribution < -0.4 is 5.32 Å². The number of likely N-dealkylation sites (tertiary alicyclic amines) is 1. The summed E-state index contributed by atoms with van der Waals surface area (Å²) in [5, 5.41) is 2.67. The van der Waals surface area contributed by atoms with Gasteiger partial charge < -0.3 is 5.32 Å². The molecule has 0 aromatic rings. The molecule has 0 aromatic heterocycles. The highest BCUT2D eigenvalue weighted by Crippen LogP contribution is 2.36. The first-order chi connectivity index (χ1) is 6.48. The standard InChI is InChI=1S/C11H22N2O/c1-9(2)11(3)5-6-13(8-11)7-10(14)12-4/h9H,5-8H2,1-4H3,(H,12,14)/t11-/m1/s1. The second-order valence-electron chi connectivity index (χ2n) is 4.94. The molecule has 1 aliphatic rings. The van der Waals surface area contributed by atoms with E-state index in [1.807, 2.05) is 0 Å². The molecule has 1 aliphatic heterocycles. The van der Waals surface area contributed by atoms with Crippen LogP contribution in [0.15, 0.2) is 0 Å². The van der Waals surface area contributed by atoms with E-state index in [0.717, 1.165) is 13.1 Å². The van der Waals surface area contributed by atoms with Crippen molar-refractivity contribution in [3.05, 3.63) is 0 Å². The zero-order valence-electron chi connectivity index (χ0n) is 9.76. The monoisotopic (exact) mass is 198 g/mol. The minimum absolute atomic E-state index is 0.123. The van der Waals surface area contributed by atoms with Crippen LogP contribution in [0.3, 0.4) is 0 Å². The Labute approximate surface area is 86.9 Å². The number of carbonyl (C=O) groups is 1. The molecule has 1 N–H and O–H groups in total. The third-order valence-electron chi connectivity index (χ3n) is 3.62. The van der Waals surface area contributed by atoms with Gasteiger partial charge in [0.25, 0.3) is 0 Å². The van der Waals surface area contributed by atoms with Crippen molar-refractivity contribution in [2.75, 3.05) is 26.7 Å². The topological polar surface area (TPSA) is 32.3 Å². The molecule has 0 saturated carbocycles. The average Bonchev–Trinajstić information content (AvgIpc) is 2.49. The fourth-order valence-corrected chi connectivity index (χ4v) is 1.97. The molecule has 1 saturated heterocycles. The van der Waals surface area contributed by atoms with Crippen LogP contribution in [0.4, 0.5) is 0 Å². The van der Waals surface area contributed by atoms with Gasteiger partial charge in [0.05, 0.1) is 6.54 Å². The number of amides is 1. The van der Waals surface area contributed by atoms with Crippen molar-refractivity contribution in [2.45, 2.75) is 27.2 Å². The predicted octanol–water partition coefficient (Wildman–Crippen LogP) is 1.10. The van der Waals surface area contributed by atoms with Crippen molar-refractivity contribution in [1.82, 2.24) is 10.2 Å². The molecular weight excluding hydrogens is 176 g/mol. The molecular formula is C11H22N2O. The molecule has 0 aromatic carbocycles. The summed E-state index contributed by atoms with van der Waals surface area (Å²) < 4.78 is 0. The fourth-order valence-electron chi connectivity index (χ4n) is 1.97. The van der Waals surface area contributed by atoms with E-state index >= 15 is 0 Å². The number of carbonyl (C=O) groups excluding carboxylic acids is 1. The molecule has 82 valence electrons. The van der Waals surface area contributed by atoms with Crippen LogP contribution in [0, 0.1) is 11.3 Å². The highest BCUT2D eigenvalue weighted by molar-refractivity contribution is 5.77. The number of likely N-dealkylation sites (N-methyl/N-ethyl adjacent to an activating group) is 1. The molecule has 3 nitrogen and oxygen atoms in total. The zero-order valence-corrected chi connectivity index (χ0v) is 9.76. The normalized spacial score (nSPS) is 28.4. The SMILES string of the molecule is CNC(=O)CN1CC[C@@](C)(C(C)C)C1. The smallest absolute Gasteiger partial charge is 0.233 e. The number of rotatable bonds is 3. The van der Waals surface area contributed by atoms with Crippen molar-refractivity contribution in [2.24, 2.45) is 11.3 Å². The average molecular weight is 198 g/mol. The Kier molecular flexibility index (Phi) is 3.53.